The van der Waals surface area contributed by atoms with Gasteiger partial charge in [0.05, 0.1) is 6.10 Å². The fourth-order valence-corrected chi connectivity index (χ4v) is 1.46. The number of carbonyl (C=O) groups is 1. The molecule has 1 aromatic rings. The maximum Gasteiger partial charge on any atom is 0.220 e. The van der Waals surface area contributed by atoms with Crippen molar-refractivity contribution < 1.29 is 14.3 Å². The molecule has 2 N–H and O–H groups in total. The zero-order valence-corrected chi connectivity index (χ0v) is 10.1. The molecule has 94 valence electrons. The number of halogens is 1. The average Bonchev–Trinajstić information content (AvgIpc) is 2.26. The van der Waals surface area contributed by atoms with Crippen molar-refractivity contribution in [1.82, 2.24) is 5.32 Å². The van der Waals surface area contributed by atoms with E-state index in [1.54, 1.807) is 0 Å². The molecule has 0 heterocycles. The lowest BCUT2D eigenvalue weighted by Gasteiger charge is -2.13. The van der Waals surface area contributed by atoms with Gasteiger partial charge in [-0.15, -0.1) is 0 Å². The Kier molecular flexibility index (Phi) is 5.10. The lowest BCUT2D eigenvalue weighted by Crippen LogP contribution is -2.29. The van der Waals surface area contributed by atoms with Crippen LogP contribution in [-0.2, 0) is 4.79 Å². The predicted octanol–water partition coefficient (Wildman–Crippen LogP) is 2.02. The number of hydrogen-bond acceptors (Lipinski definition) is 2. The minimum absolute atomic E-state index is 0.0823. The SMILES string of the molecule is CC(C)CC(=O)NCC(O)c1ccc(F)cc1. The van der Waals surface area contributed by atoms with Gasteiger partial charge in [0.15, 0.2) is 0 Å². The summed E-state index contributed by atoms with van der Waals surface area (Å²) < 4.78 is 12.7. The molecule has 17 heavy (non-hydrogen) atoms. The highest BCUT2D eigenvalue weighted by Gasteiger charge is 2.10. The van der Waals surface area contributed by atoms with Crippen molar-refractivity contribution in [3.8, 4) is 0 Å². The first-order chi connectivity index (χ1) is 7.99. The summed E-state index contributed by atoms with van der Waals surface area (Å²) in [6.07, 6.45) is -0.359. The molecule has 4 heteroatoms. The largest absolute Gasteiger partial charge is 0.387 e. The predicted molar refractivity (Wildman–Crippen MR) is 63.8 cm³/mol. The van der Waals surface area contributed by atoms with Gasteiger partial charge in [-0.05, 0) is 23.6 Å². The average molecular weight is 239 g/mol. The second kappa shape index (κ2) is 6.35. The third kappa shape index (κ3) is 4.95. The summed E-state index contributed by atoms with van der Waals surface area (Å²) in [5.74, 6) is -0.135. The molecular weight excluding hydrogens is 221 g/mol. The van der Waals surface area contributed by atoms with Crippen LogP contribution in [0.15, 0.2) is 24.3 Å². The highest BCUT2D eigenvalue weighted by molar-refractivity contribution is 5.76. The molecule has 0 aliphatic heterocycles. The van der Waals surface area contributed by atoms with E-state index in [-0.39, 0.29) is 24.2 Å². The van der Waals surface area contributed by atoms with Crippen molar-refractivity contribution in [2.45, 2.75) is 26.4 Å². The van der Waals surface area contributed by atoms with Gasteiger partial charge in [-0.25, -0.2) is 4.39 Å². The van der Waals surface area contributed by atoms with E-state index in [4.69, 9.17) is 0 Å². The van der Waals surface area contributed by atoms with Crippen LogP contribution in [0.2, 0.25) is 0 Å². The molecule has 0 saturated carbocycles. The summed E-state index contributed by atoms with van der Waals surface area (Å²) >= 11 is 0. The second-order valence-corrected chi connectivity index (χ2v) is 4.47. The Morgan fingerprint density at radius 2 is 1.94 bits per heavy atom. The minimum Gasteiger partial charge on any atom is -0.387 e. The van der Waals surface area contributed by atoms with E-state index in [0.717, 1.165) is 0 Å². The second-order valence-electron chi connectivity index (χ2n) is 4.47. The quantitative estimate of drug-likeness (QED) is 0.826. The number of amides is 1. The molecular formula is C13H18FNO2. The van der Waals surface area contributed by atoms with Crippen molar-refractivity contribution in [1.29, 1.82) is 0 Å². The summed E-state index contributed by atoms with van der Waals surface area (Å²) in [6.45, 7) is 4.06. The fourth-order valence-electron chi connectivity index (χ4n) is 1.46. The highest BCUT2D eigenvalue weighted by atomic mass is 19.1. The van der Waals surface area contributed by atoms with Crippen LogP contribution in [0.1, 0.15) is 31.9 Å². The first kappa shape index (κ1) is 13.6. The summed E-state index contributed by atoms with van der Waals surface area (Å²) in [7, 11) is 0. The lowest BCUT2D eigenvalue weighted by atomic mass is 10.1. The number of aliphatic hydroxyl groups is 1. The summed E-state index contributed by atoms with van der Waals surface area (Å²) in [4.78, 5) is 11.4. The van der Waals surface area contributed by atoms with Crippen LogP contribution in [0, 0.1) is 11.7 Å². The molecule has 0 bridgehead atoms. The Morgan fingerprint density at radius 1 is 1.35 bits per heavy atom. The van der Waals surface area contributed by atoms with E-state index >= 15 is 0 Å². The molecule has 3 nitrogen and oxygen atoms in total. The fraction of sp³-hybridized carbons (Fsp3) is 0.462. The number of hydrogen-bond donors (Lipinski definition) is 2. The van der Waals surface area contributed by atoms with Crippen molar-refractivity contribution in [3.63, 3.8) is 0 Å². The molecule has 0 aromatic heterocycles. The van der Waals surface area contributed by atoms with Crippen molar-refractivity contribution in [3.05, 3.63) is 35.6 Å². The number of aliphatic hydroxyl groups excluding tert-OH is 1. The highest BCUT2D eigenvalue weighted by Crippen LogP contribution is 2.12. The van der Waals surface area contributed by atoms with Crippen molar-refractivity contribution >= 4 is 5.91 Å². The topological polar surface area (TPSA) is 49.3 Å². The van der Waals surface area contributed by atoms with Crippen molar-refractivity contribution in [2.24, 2.45) is 5.92 Å². The van der Waals surface area contributed by atoms with E-state index < -0.39 is 6.10 Å². The zero-order chi connectivity index (χ0) is 12.8. The van der Waals surface area contributed by atoms with Gasteiger partial charge in [-0.1, -0.05) is 26.0 Å². The Hall–Kier alpha value is -1.42. The molecule has 0 radical (unpaired) electrons. The first-order valence-electron chi connectivity index (χ1n) is 5.69. The van der Waals surface area contributed by atoms with Gasteiger partial charge >= 0.3 is 0 Å². The Bertz CT molecular complexity index is 362. The molecule has 0 aliphatic rings. The molecule has 1 rings (SSSR count). The summed E-state index contributed by atoms with van der Waals surface area (Å²) in [6, 6.07) is 5.59. The summed E-state index contributed by atoms with van der Waals surface area (Å²) in [5.41, 5.74) is 0.594. The zero-order valence-electron chi connectivity index (χ0n) is 10.1. The van der Waals surface area contributed by atoms with Gasteiger partial charge in [0.25, 0.3) is 0 Å². The van der Waals surface area contributed by atoms with E-state index in [1.807, 2.05) is 13.8 Å². The number of carbonyl (C=O) groups excluding carboxylic acids is 1. The lowest BCUT2D eigenvalue weighted by molar-refractivity contribution is -0.122. The van der Waals surface area contributed by atoms with Crippen LogP contribution in [-0.4, -0.2) is 17.6 Å². The van der Waals surface area contributed by atoms with Gasteiger partial charge in [0.1, 0.15) is 5.82 Å². The Balaban J connectivity index is 2.42. The molecule has 0 spiro atoms. The Morgan fingerprint density at radius 3 is 2.47 bits per heavy atom. The van der Waals surface area contributed by atoms with E-state index in [1.165, 1.54) is 24.3 Å². The maximum atomic E-state index is 12.7. The van der Waals surface area contributed by atoms with Crippen LogP contribution in [0.3, 0.4) is 0 Å². The smallest absolute Gasteiger partial charge is 0.220 e. The van der Waals surface area contributed by atoms with Gasteiger partial charge < -0.3 is 10.4 Å². The van der Waals surface area contributed by atoms with E-state index in [0.29, 0.717) is 12.0 Å². The number of rotatable bonds is 5. The molecule has 1 atom stereocenters. The Labute approximate surface area is 101 Å². The molecule has 0 saturated heterocycles. The monoisotopic (exact) mass is 239 g/mol. The molecule has 0 fully saturated rings. The molecule has 1 aromatic carbocycles. The van der Waals surface area contributed by atoms with Gasteiger partial charge in [-0.2, -0.15) is 0 Å². The van der Waals surface area contributed by atoms with Crippen LogP contribution in [0.25, 0.3) is 0 Å². The van der Waals surface area contributed by atoms with Gasteiger partial charge in [-0.3, -0.25) is 4.79 Å². The van der Waals surface area contributed by atoms with E-state index in [9.17, 15) is 14.3 Å². The first-order valence-corrected chi connectivity index (χ1v) is 5.69. The van der Waals surface area contributed by atoms with Crippen LogP contribution in [0.4, 0.5) is 4.39 Å². The van der Waals surface area contributed by atoms with Crippen LogP contribution < -0.4 is 5.32 Å². The standard InChI is InChI=1S/C13H18FNO2/c1-9(2)7-13(17)15-8-12(16)10-3-5-11(14)6-4-10/h3-6,9,12,16H,7-8H2,1-2H3,(H,15,17). The van der Waals surface area contributed by atoms with Crippen molar-refractivity contribution in [2.75, 3.05) is 6.54 Å². The molecule has 1 amide bonds. The van der Waals surface area contributed by atoms with Gasteiger partial charge in [0, 0.05) is 13.0 Å². The van der Waals surface area contributed by atoms with Crippen LogP contribution >= 0.6 is 0 Å². The third-order valence-electron chi connectivity index (χ3n) is 2.34. The number of nitrogens with one attached hydrogen (secondary N) is 1. The number of benzene rings is 1. The minimum atomic E-state index is -0.799. The third-order valence-corrected chi connectivity index (χ3v) is 2.34. The maximum absolute atomic E-state index is 12.7. The molecule has 1 unspecified atom stereocenters. The van der Waals surface area contributed by atoms with Crippen LogP contribution in [0.5, 0.6) is 0 Å². The normalized spacial score (nSPS) is 12.5. The van der Waals surface area contributed by atoms with E-state index in [2.05, 4.69) is 5.32 Å². The summed E-state index contributed by atoms with van der Waals surface area (Å²) in [5, 5.41) is 12.4. The molecule has 0 aliphatic carbocycles. The van der Waals surface area contributed by atoms with Gasteiger partial charge in [0.2, 0.25) is 5.91 Å².